The molecule has 29 heavy (non-hydrogen) atoms. The minimum atomic E-state index is -2.81. The van der Waals surface area contributed by atoms with Crippen LogP contribution in [0.25, 0.3) is 0 Å². The molecule has 3 nitrogen and oxygen atoms in total. The fraction of sp³-hybridized carbons (Fsp3) is 0.600. The van der Waals surface area contributed by atoms with Crippen molar-refractivity contribution in [1.82, 2.24) is 0 Å². The molecule has 0 bridgehead atoms. The molecule has 1 saturated carbocycles. The highest BCUT2D eigenvalue weighted by Gasteiger charge is 2.49. The van der Waals surface area contributed by atoms with E-state index in [0.29, 0.717) is 12.1 Å². The molecule has 1 aliphatic carbocycles. The standard InChI is InChI=1S/C25H40O3Si/c1-6-10-17-24(18-11-7-2)28-29(22-14-21-26-5,25-19-12-13-20-25)27-23(15-8-3)16-9-4/h6-9,23-25H,1-4,10-13,15-21H2,5H3. The maximum absolute atomic E-state index is 6.92. The van der Waals surface area contributed by atoms with Crippen LogP contribution in [-0.4, -0.2) is 34.5 Å². The zero-order chi connectivity index (χ0) is 21.4. The van der Waals surface area contributed by atoms with Gasteiger partial charge in [-0.2, -0.15) is 0 Å². The number of rotatable bonds is 16. The van der Waals surface area contributed by atoms with E-state index in [1.165, 1.54) is 12.8 Å². The Morgan fingerprint density at radius 2 is 1.45 bits per heavy atom. The van der Waals surface area contributed by atoms with Crippen molar-refractivity contribution in [2.45, 2.75) is 82.0 Å². The van der Waals surface area contributed by atoms with Crippen LogP contribution in [0.2, 0.25) is 5.54 Å². The van der Waals surface area contributed by atoms with Gasteiger partial charge in [0.15, 0.2) is 0 Å². The molecular weight excluding hydrogens is 376 g/mol. The van der Waals surface area contributed by atoms with E-state index in [0.717, 1.165) is 51.4 Å². The van der Waals surface area contributed by atoms with Crippen LogP contribution in [0.3, 0.4) is 0 Å². The summed E-state index contributed by atoms with van der Waals surface area (Å²) in [6.45, 7) is 16.0. The van der Waals surface area contributed by atoms with E-state index >= 15 is 0 Å². The zero-order valence-electron chi connectivity index (χ0n) is 18.4. The van der Waals surface area contributed by atoms with Gasteiger partial charge >= 0.3 is 8.56 Å². The summed E-state index contributed by atoms with van der Waals surface area (Å²) in [6, 6.07) is 0. The fourth-order valence-corrected chi connectivity index (χ4v) is 7.52. The van der Waals surface area contributed by atoms with Gasteiger partial charge in [-0.05, 0) is 51.4 Å². The van der Waals surface area contributed by atoms with Gasteiger partial charge in [-0.25, -0.2) is 0 Å². The molecule has 0 aromatic carbocycles. The second-order valence-corrected chi connectivity index (χ2v) is 10.5. The van der Waals surface area contributed by atoms with Crippen LogP contribution in [0.4, 0.5) is 0 Å². The number of ether oxygens (including phenoxy) is 1. The van der Waals surface area contributed by atoms with Crippen molar-refractivity contribution in [2.24, 2.45) is 0 Å². The Kier molecular flexibility index (Phi) is 13.7. The Labute approximate surface area is 180 Å². The van der Waals surface area contributed by atoms with Gasteiger partial charge < -0.3 is 13.6 Å². The van der Waals surface area contributed by atoms with Crippen molar-refractivity contribution < 1.29 is 13.6 Å². The van der Waals surface area contributed by atoms with Crippen molar-refractivity contribution in [3.05, 3.63) is 50.6 Å². The van der Waals surface area contributed by atoms with E-state index in [1.54, 1.807) is 7.11 Å². The van der Waals surface area contributed by atoms with Gasteiger partial charge in [-0.3, -0.25) is 0 Å². The first-order valence-electron chi connectivity index (χ1n) is 10.9. The molecule has 1 fully saturated rings. The lowest BCUT2D eigenvalue weighted by Gasteiger charge is -2.37. The summed E-state index contributed by atoms with van der Waals surface area (Å²) in [5.41, 5.74) is 3.89. The summed E-state index contributed by atoms with van der Waals surface area (Å²) in [6.07, 6.45) is 17.8. The number of hydrogen-bond donors (Lipinski definition) is 0. The van der Waals surface area contributed by atoms with Crippen LogP contribution < -0.4 is 0 Å². The van der Waals surface area contributed by atoms with Gasteiger partial charge in [0.25, 0.3) is 0 Å². The molecule has 0 heterocycles. The van der Waals surface area contributed by atoms with E-state index < -0.39 is 8.56 Å². The van der Waals surface area contributed by atoms with E-state index in [-0.39, 0.29) is 12.2 Å². The van der Waals surface area contributed by atoms with Crippen LogP contribution in [0, 0.1) is 11.5 Å². The van der Waals surface area contributed by atoms with Crippen molar-refractivity contribution >= 4 is 8.56 Å². The molecule has 0 amide bonds. The number of methoxy groups -OCH3 is 1. The topological polar surface area (TPSA) is 27.7 Å². The van der Waals surface area contributed by atoms with Crippen molar-refractivity contribution in [2.75, 3.05) is 13.7 Å². The molecule has 0 saturated heterocycles. The lowest BCUT2D eigenvalue weighted by atomic mass is 10.1. The maximum Gasteiger partial charge on any atom is 0.427 e. The zero-order valence-corrected chi connectivity index (χ0v) is 19.4. The first kappa shape index (κ1) is 25.7. The quantitative estimate of drug-likeness (QED) is 0.165. The molecule has 0 radical (unpaired) electrons. The summed E-state index contributed by atoms with van der Waals surface area (Å²) >= 11 is 0. The molecule has 0 aliphatic heterocycles. The summed E-state index contributed by atoms with van der Waals surface area (Å²) < 4.78 is 19.0. The van der Waals surface area contributed by atoms with Crippen molar-refractivity contribution in [3.8, 4) is 11.5 Å². The average molecular weight is 417 g/mol. The van der Waals surface area contributed by atoms with Crippen molar-refractivity contribution in [3.63, 3.8) is 0 Å². The lowest BCUT2D eigenvalue weighted by molar-refractivity contribution is 0.0743. The van der Waals surface area contributed by atoms with Crippen LogP contribution in [0.15, 0.2) is 50.6 Å². The Hall–Kier alpha value is -1.38. The average Bonchev–Trinajstić information content (AvgIpc) is 3.26. The Bertz CT molecular complexity index is 534. The lowest BCUT2D eigenvalue weighted by Crippen LogP contribution is -2.50. The molecule has 0 aromatic heterocycles. The van der Waals surface area contributed by atoms with E-state index in [4.69, 9.17) is 13.6 Å². The maximum atomic E-state index is 6.92. The molecular formula is C25H40O3Si. The monoisotopic (exact) mass is 416 g/mol. The molecule has 0 spiro atoms. The van der Waals surface area contributed by atoms with Crippen molar-refractivity contribution in [1.29, 1.82) is 0 Å². The molecule has 0 N–H and O–H groups in total. The van der Waals surface area contributed by atoms with Crippen LogP contribution in [0.1, 0.15) is 64.2 Å². The van der Waals surface area contributed by atoms with Gasteiger partial charge in [0.1, 0.15) is 6.61 Å². The second kappa shape index (κ2) is 15.5. The third kappa shape index (κ3) is 9.31. The van der Waals surface area contributed by atoms with Gasteiger partial charge in [0.05, 0.1) is 6.10 Å². The molecule has 1 rings (SSSR count). The van der Waals surface area contributed by atoms with Crippen LogP contribution >= 0.6 is 0 Å². The number of allylic oxidation sites excluding steroid dienone is 2. The fourth-order valence-electron chi connectivity index (χ4n) is 3.85. The largest absolute Gasteiger partial charge is 0.427 e. The highest BCUT2D eigenvalue weighted by atomic mass is 28.4. The second-order valence-electron chi connectivity index (χ2n) is 7.64. The highest BCUT2D eigenvalue weighted by Crippen LogP contribution is 2.41. The van der Waals surface area contributed by atoms with Gasteiger partial charge in [0, 0.05) is 18.8 Å². The van der Waals surface area contributed by atoms with Gasteiger partial charge in [0.2, 0.25) is 0 Å². The molecule has 1 unspecified atom stereocenters. The Morgan fingerprint density at radius 3 is 1.93 bits per heavy atom. The van der Waals surface area contributed by atoms with Gasteiger partial charge in [-0.15, -0.1) is 26.3 Å². The normalized spacial score (nSPS) is 16.2. The Morgan fingerprint density at radius 1 is 0.897 bits per heavy atom. The third-order valence-corrected chi connectivity index (χ3v) is 8.84. The predicted octanol–water partition coefficient (Wildman–Crippen LogP) is 6.42. The third-order valence-electron chi connectivity index (χ3n) is 5.30. The molecule has 0 aromatic rings. The predicted molar refractivity (Wildman–Crippen MR) is 126 cm³/mol. The van der Waals surface area contributed by atoms with E-state index in [1.807, 2.05) is 24.3 Å². The first-order chi connectivity index (χ1) is 14.2. The van der Waals surface area contributed by atoms with Gasteiger partial charge in [-0.1, -0.05) is 48.6 Å². The summed E-state index contributed by atoms with van der Waals surface area (Å²) in [5.74, 6) is 3.21. The molecule has 162 valence electrons. The summed E-state index contributed by atoms with van der Waals surface area (Å²) in [4.78, 5) is 0. The van der Waals surface area contributed by atoms with E-state index in [2.05, 4.69) is 37.8 Å². The SMILES string of the molecule is C=CCCC(CCC=C)O[Si](C#CCOC)(OC(CC=C)CC=C)C1CCCC1. The first-order valence-corrected chi connectivity index (χ1v) is 12.8. The summed E-state index contributed by atoms with van der Waals surface area (Å²) in [7, 11) is -1.13. The molecule has 1 atom stereocenters. The minimum absolute atomic E-state index is 0.00794. The van der Waals surface area contributed by atoms with Crippen LogP contribution in [0.5, 0.6) is 0 Å². The molecule has 1 aliphatic rings. The smallest absolute Gasteiger partial charge is 0.382 e. The summed E-state index contributed by atoms with van der Waals surface area (Å²) in [5, 5.41) is 0. The Balaban J connectivity index is 3.25. The van der Waals surface area contributed by atoms with E-state index in [9.17, 15) is 0 Å². The highest BCUT2D eigenvalue weighted by molar-refractivity contribution is 6.77. The van der Waals surface area contributed by atoms with Crippen LogP contribution in [-0.2, 0) is 13.6 Å². The molecule has 4 heteroatoms. The number of hydrogen-bond acceptors (Lipinski definition) is 3. The minimum Gasteiger partial charge on any atom is -0.382 e.